The second-order valence-electron chi connectivity index (χ2n) is 5.51. The van der Waals surface area contributed by atoms with Gasteiger partial charge in [-0.2, -0.15) is 0 Å². The summed E-state index contributed by atoms with van der Waals surface area (Å²) in [6.07, 6.45) is 1.36. The van der Waals surface area contributed by atoms with Crippen molar-refractivity contribution in [2.45, 2.75) is 19.8 Å². The molecule has 0 fully saturated rings. The predicted octanol–water partition coefficient (Wildman–Crippen LogP) is 2.93. The van der Waals surface area contributed by atoms with Crippen LogP contribution in [0.15, 0.2) is 48.5 Å². The molecule has 1 aliphatic rings. The Balaban J connectivity index is 1.78. The minimum absolute atomic E-state index is 0.157. The van der Waals surface area contributed by atoms with Gasteiger partial charge in [0.05, 0.1) is 11.4 Å². The molecule has 0 bridgehead atoms. The minimum atomic E-state index is -3.25. The standard InChI is InChI=1S/C17H19NO2S/c1-14-7-8-17-16(13-14)9-11-18(17)21(19,20)12-10-15-5-3-2-4-6-15/h2-8,13H,9-12H2,1H3. The summed E-state index contributed by atoms with van der Waals surface area (Å²) in [5, 5.41) is 0. The van der Waals surface area contributed by atoms with Crippen molar-refractivity contribution in [3.05, 3.63) is 65.2 Å². The Morgan fingerprint density at radius 2 is 1.86 bits per heavy atom. The molecule has 2 aromatic carbocycles. The number of sulfonamides is 1. The quantitative estimate of drug-likeness (QED) is 0.870. The highest BCUT2D eigenvalue weighted by atomic mass is 32.2. The first-order valence-corrected chi connectivity index (χ1v) is 8.81. The van der Waals surface area contributed by atoms with Crippen molar-refractivity contribution < 1.29 is 8.42 Å². The lowest BCUT2D eigenvalue weighted by atomic mass is 10.1. The summed E-state index contributed by atoms with van der Waals surface area (Å²) >= 11 is 0. The van der Waals surface area contributed by atoms with E-state index >= 15 is 0 Å². The molecule has 0 radical (unpaired) electrons. The molecule has 3 nitrogen and oxygen atoms in total. The summed E-state index contributed by atoms with van der Waals surface area (Å²) in [4.78, 5) is 0. The van der Waals surface area contributed by atoms with E-state index in [2.05, 4.69) is 6.07 Å². The van der Waals surface area contributed by atoms with Crippen molar-refractivity contribution in [3.63, 3.8) is 0 Å². The first-order valence-electron chi connectivity index (χ1n) is 7.20. The number of benzene rings is 2. The Bertz CT molecular complexity index is 739. The number of fused-ring (bicyclic) bond motifs is 1. The molecular weight excluding hydrogens is 282 g/mol. The first kappa shape index (κ1) is 14.1. The number of aryl methyl sites for hydroxylation is 2. The Kier molecular flexibility index (Phi) is 3.72. The average Bonchev–Trinajstić information content (AvgIpc) is 2.90. The smallest absolute Gasteiger partial charge is 0.235 e. The molecule has 0 saturated heterocycles. The topological polar surface area (TPSA) is 37.4 Å². The molecule has 0 atom stereocenters. The van der Waals surface area contributed by atoms with Gasteiger partial charge in [0.25, 0.3) is 0 Å². The molecule has 3 rings (SSSR count). The lowest BCUT2D eigenvalue weighted by molar-refractivity contribution is 0.591. The molecular formula is C17H19NO2S. The molecule has 21 heavy (non-hydrogen) atoms. The zero-order chi connectivity index (χ0) is 14.9. The molecule has 4 heteroatoms. The van der Waals surface area contributed by atoms with Gasteiger partial charge >= 0.3 is 0 Å². The second kappa shape index (κ2) is 5.53. The van der Waals surface area contributed by atoms with Crippen LogP contribution in [0.1, 0.15) is 16.7 Å². The second-order valence-corrected chi connectivity index (χ2v) is 7.52. The molecule has 0 aliphatic carbocycles. The van der Waals surface area contributed by atoms with E-state index in [0.29, 0.717) is 13.0 Å². The Morgan fingerprint density at radius 1 is 1.10 bits per heavy atom. The third-order valence-electron chi connectivity index (χ3n) is 3.92. The van der Waals surface area contributed by atoms with Crippen molar-refractivity contribution in [1.82, 2.24) is 0 Å². The fraction of sp³-hybridized carbons (Fsp3) is 0.294. The number of rotatable bonds is 4. The average molecular weight is 301 g/mol. The Hall–Kier alpha value is -1.81. The van der Waals surface area contributed by atoms with Crippen molar-refractivity contribution in [2.24, 2.45) is 0 Å². The Labute approximate surface area is 126 Å². The minimum Gasteiger partial charge on any atom is -0.270 e. The van der Waals surface area contributed by atoms with Crippen LogP contribution in [0, 0.1) is 6.92 Å². The highest BCUT2D eigenvalue weighted by Gasteiger charge is 2.28. The van der Waals surface area contributed by atoms with Gasteiger partial charge in [-0.1, -0.05) is 48.0 Å². The van der Waals surface area contributed by atoms with Gasteiger partial charge in [-0.05, 0) is 37.0 Å². The van der Waals surface area contributed by atoms with Gasteiger partial charge in [0.15, 0.2) is 0 Å². The molecule has 0 unspecified atom stereocenters. The number of hydrogen-bond donors (Lipinski definition) is 0. The van der Waals surface area contributed by atoms with Gasteiger partial charge in [0.2, 0.25) is 10.0 Å². The molecule has 0 spiro atoms. The lowest BCUT2D eigenvalue weighted by Gasteiger charge is -2.19. The monoisotopic (exact) mass is 301 g/mol. The van der Waals surface area contributed by atoms with Crippen molar-refractivity contribution >= 4 is 15.7 Å². The largest absolute Gasteiger partial charge is 0.270 e. The molecule has 0 saturated carbocycles. The van der Waals surface area contributed by atoms with Gasteiger partial charge in [0, 0.05) is 6.54 Å². The fourth-order valence-corrected chi connectivity index (χ4v) is 4.35. The van der Waals surface area contributed by atoms with Crippen LogP contribution in [0.4, 0.5) is 5.69 Å². The van der Waals surface area contributed by atoms with E-state index in [-0.39, 0.29) is 5.75 Å². The summed E-state index contributed by atoms with van der Waals surface area (Å²) in [7, 11) is -3.25. The molecule has 1 heterocycles. The van der Waals surface area contributed by atoms with Crippen LogP contribution in [-0.4, -0.2) is 20.7 Å². The predicted molar refractivity (Wildman–Crippen MR) is 86.2 cm³/mol. The summed E-state index contributed by atoms with van der Waals surface area (Å²) in [6, 6.07) is 15.8. The van der Waals surface area contributed by atoms with Crippen LogP contribution >= 0.6 is 0 Å². The van der Waals surface area contributed by atoms with E-state index in [1.807, 2.05) is 49.4 Å². The number of nitrogens with zero attached hydrogens (tertiary/aromatic N) is 1. The van der Waals surface area contributed by atoms with E-state index in [1.165, 1.54) is 5.56 Å². The summed E-state index contributed by atoms with van der Waals surface area (Å²) < 4.78 is 26.7. The third-order valence-corrected chi connectivity index (χ3v) is 5.69. The molecule has 0 amide bonds. The van der Waals surface area contributed by atoms with Gasteiger partial charge in [-0.25, -0.2) is 8.42 Å². The van der Waals surface area contributed by atoms with Gasteiger partial charge in [0.1, 0.15) is 0 Å². The third kappa shape index (κ3) is 2.95. The SMILES string of the molecule is Cc1ccc2c(c1)CCN2S(=O)(=O)CCc1ccccc1. The molecule has 0 N–H and O–H groups in total. The number of anilines is 1. The maximum atomic E-state index is 12.6. The normalized spacial score (nSPS) is 14.2. The molecule has 110 valence electrons. The van der Waals surface area contributed by atoms with Crippen molar-refractivity contribution in [2.75, 3.05) is 16.6 Å². The molecule has 2 aromatic rings. The molecule has 1 aliphatic heterocycles. The molecule has 0 aromatic heterocycles. The van der Waals surface area contributed by atoms with Crippen LogP contribution < -0.4 is 4.31 Å². The summed E-state index contributed by atoms with van der Waals surface area (Å²) in [5.41, 5.74) is 4.23. The Morgan fingerprint density at radius 3 is 2.62 bits per heavy atom. The van der Waals surface area contributed by atoms with E-state index in [4.69, 9.17) is 0 Å². The van der Waals surface area contributed by atoms with Crippen LogP contribution in [0.3, 0.4) is 0 Å². The van der Waals surface area contributed by atoms with E-state index < -0.39 is 10.0 Å². The maximum Gasteiger partial charge on any atom is 0.235 e. The highest BCUT2D eigenvalue weighted by Crippen LogP contribution is 2.31. The fourth-order valence-electron chi connectivity index (χ4n) is 2.79. The summed E-state index contributed by atoms with van der Waals surface area (Å²) in [5.74, 6) is 0.157. The van der Waals surface area contributed by atoms with Crippen molar-refractivity contribution in [3.8, 4) is 0 Å². The van der Waals surface area contributed by atoms with E-state index in [0.717, 1.165) is 23.2 Å². The highest BCUT2D eigenvalue weighted by molar-refractivity contribution is 7.92. The van der Waals surface area contributed by atoms with Gasteiger partial charge in [-0.3, -0.25) is 4.31 Å². The van der Waals surface area contributed by atoms with Crippen LogP contribution in [0.2, 0.25) is 0 Å². The van der Waals surface area contributed by atoms with Crippen LogP contribution in [0.5, 0.6) is 0 Å². The van der Waals surface area contributed by atoms with E-state index in [9.17, 15) is 8.42 Å². The zero-order valence-electron chi connectivity index (χ0n) is 12.1. The summed E-state index contributed by atoms with van der Waals surface area (Å²) in [6.45, 7) is 2.60. The van der Waals surface area contributed by atoms with Crippen LogP contribution in [-0.2, 0) is 22.9 Å². The number of hydrogen-bond acceptors (Lipinski definition) is 2. The van der Waals surface area contributed by atoms with Crippen LogP contribution in [0.25, 0.3) is 0 Å². The van der Waals surface area contributed by atoms with Crippen molar-refractivity contribution in [1.29, 1.82) is 0 Å². The first-order chi connectivity index (χ1) is 10.1. The van der Waals surface area contributed by atoms with Gasteiger partial charge in [-0.15, -0.1) is 0 Å². The van der Waals surface area contributed by atoms with Gasteiger partial charge < -0.3 is 0 Å². The van der Waals surface area contributed by atoms with E-state index in [1.54, 1.807) is 4.31 Å². The maximum absolute atomic E-state index is 12.6. The lowest BCUT2D eigenvalue weighted by Crippen LogP contribution is -2.32. The zero-order valence-corrected chi connectivity index (χ0v) is 12.9.